The van der Waals surface area contributed by atoms with E-state index in [9.17, 15) is 9.59 Å². The van der Waals surface area contributed by atoms with Crippen LogP contribution in [-0.4, -0.2) is 24.9 Å². The van der Waals surface area contributed by atoms with Crippen LogP contribution in [0.1, 0.15) is 20.3 Å². The Balaban J connectivity index is 1.85. The summed E-state index contributed by atoms with van der Waals surface area (Å²) in [6, 6.07) is 17.1. The molecule has 2 rings (SSSR count). The molecule has 2 aromatic carbocycles. The number of para-hydroxylation sites is 1. The second-order valence-corrected chi connectivity index (χ2v) is 5.47. The van der Waals surface area contributed by atoms with E-state index in [0.717, 1.165) is 17.9 Å². The third-order valence-electron chi connectivity index (χ3n) is 3.60. The van der Waals surface area contributed by atoms with E-state index in [1.807, 2.05) is 30.3 Å². The number of hydrogen-bond donors (Lipinski definition) is 2. The van der Waals surface area contributed by atoms with Crippen LogP contribution in [0.2, 0.25) is 0 Å². The number of benzene rings is 2. The van der Waals surface area contributed by atoms with Crippen molar-refractivity contribution in [2.45, 2.75) is 20.3 Å². The van der Waals surface area contributed by atoms with Gasteiger partial charge in [0.25, 0.3) is 0 Å². The molecular weight excluding hydrogens is 302 g/mol. The van der Waals surface area contributed by atoms with Crippen molar-refractivity contribution in [1.29, 1.82) is 0 Å². The van der Waals surface area contributed by atoms with E-state index in [1.165, 1.54) is 6.92 Å². The summed E-state index contributed by atoms with van der Waals surface area (Å²) in [5.41, 5.74) is 2.55. The Bertz CT molecular complexity index is 669. The normalized spacial score (nSPS) is 10.1. The SMILES string of the molecule is CCN(CCC(=O)Nc1ccc(NC(C)=O)cc1)c1ccccc1. The average Bonchev–Trinajstić information content (AvgIpc) is 2.58. The summed E-state index contributed by atoms with van der Waals surface area (Å²) in [6.07, 6.45) is 0.413. The molecule has 5 heteroatoms. The molecule has 2 amide bonds. The van der Waals surface area contributed by atoms with E-state index in [2.05, 4.69) is 22.5 Å². The maximum Gasteiger partial charge on any atom is 0.226 e. The van der Waals surface area contributed by atoms with Crippen LogP contribution in [0.15, 0.2) is 54.6 Å². The average molecular weight is 325 g/mol. The number of carbonyl (C=O) groups is 2. The minimum Gasteiger partial charge on any atom is -0.371 e. The van der Waals surface area contributed by atoms with E-state index in [4.69, 9.17) is 0 Å². The smallest absolute Gasteiger partial charge is 0.226 e. The Morgan fingerprint density at radius 2 is 1.50 bits per heavy atom. The molecule has 5 nitrogen and oxygen atoms in total. The summed E-state index contributed by atoms with van der Waals surface area (Å²) in [5, 5.41) is 5.57. The summed E-state index contributed by atoms with van der Waals surface area (Å²) in [6.45, 7) is 5.05. The Kier molecular flexibility index (Phi) is 6.37. The van der Waals surface area contributed by atoms with E-state index in [1.54, 1.807) is 24.3 Å². The molecular formula is C19H23N3O2. The molecule has 0 fully saturated rings. The third-order valence-corrected chi connectivity index (χ3v) is 3.60. The largest absolute Gasteiger partial charge is 0.371 e. The molecule has 0 spiro atoms. The van der Waals surface area contributed by atoms with Crippen molar-refractivity contribution in [1.82, 2.24) is 0 Å². The van der Waals surface area contributed by atoms with Crippen molar-refractivity contribution in [3.05, 3.63) is 54.6 Å². The summed E-state index contributed by atoms with van der Waals surface area (Å²) < 4.78 is 0. The fourth-order valence-corrected chi connectivity index (χ4v) is 2.41. The van der Waals surface area contributed by atoms with Gasteiger partial charge in [0.1, 0.15) is 0 Å². The van der Waals surface area contributed by atoms with E-state index < -0.39 is 0 Å². The van der Waals surface area contributed by atoms with Crippen molar-refractivity contribution in [2.75, 3.05) is 28.6 Å². The van der Waals surface area contributed by atoms with Crippen LogP contribution in [0, 0.1) is 0 Å². The first-order valence-corrected chi connectivity index (χ1v) is 8.06. The highest BCUT2D eigenvalue weighted by Gasteiger charge is 2.08. The molecule has 0 aliphatic carbocycles. The van der Waals surface area contributed by atoms with Gasteiger partial charge in [-0.25, -0.2) is 0 Å². The number of nitrogens with one attached hydrogen (secondary N) is 2. The molecule has 0 radical (unpaired) electrons. The first-order chi connectivity index (χ1) is 11.6. The summed E-state index contributed by atoms with van der Waals surface area (Å²) in [7, 11) is 0. The Morgan fingerprint density at radius 1 is 0.917 bits per heavy atom. The van der Waals surface area contributed by atoms with Crippen molar-refractivity contribution in [2.24, 2.45) is 0 Å². The lowest BCUT2D eigenvalue weighted by Gasteiger charge is -2.22. The first kappa shape index (κ1) is 17.5. The van der Waals surface area contributed by atoms with Crippen LogP contribution in [0.5, 0.6) is 0 Å². The lowest BCUT2D eigenvalue weighted by molar-refractivity contribution is -0.116. The third kappa shape index (κ3) is 5.43. The topological polar surface area (TPSA) is 61.4 Å². The predicted molar refractivity (Wildman–Crippen MR) is 98.3 cm³/mol. The zero-order valence-corrected chi connectivity index (χ0v) is 14.1. The molecule has 0 aromatic heterocycles. The van der Waals surface area contributed by atoms with Crippen molar-refractivity contribution in [3.8, 4) is 0 Å². The summed E-state index contributed by atoms with van der Waals surface area (Å²) >= 11 is 0. The number of amides is 2. The number of nitrogens with zero attached hydrogens (tertiary/aromatic N) is 1. The molecule has 24 heavy (non-hydrogen) atoms. The lowest BCUT2D eigenvalue weighted by Crippen LogP contribution is -2.27. The highest BCUT2D eigenvalue weighted by Crippen LogP contribution is 2.15. The highest BCUT2D eigenvalue weighted by atomic mass is 16.2. The van der Waals surface area contributed by atoms with E-state index >= 15 is 0 Å². The molecule has 0 saturated heterocycles. The molecule has 0 aliphatic heterocycles. The predicted octanol–water partition coefficient (Wildman–Crippen LogP) is 3.50. The number of anilines is 3. The molecule has 0 heterocycles. The minimum absolute atomic E-state index is 0.0309. The van der Waals surface area contributed by atoms with Crippen molar-refractivity contribution in [3.63, 3.8) is 0 Å². The Morgan fingerprint density at radius 3 is 2.04 bits per heavy atom. The quantitative estimate of drug-likeness (QED) is 0.819. The van der Waals surface area contributed by atoms with Gasteiger partial charge < -0.3 is 15.5 Å². The van der Waals surface area contributed by atoms with Gasteiger partial charge in [-0.3, -0.25) is 9.59 Å². The lowest BCUT2D eigenvalue weighted by atomic mass is 10.2. The van der Waals surface area contributed by atoms with E-state index in [-0.39, 0.29) is 11.8 Å². The van der Waals surface area contributed by atoms with Gasteiger partial charge in [-0.15, -0.1) is 0 Å². The summed E-state index contributed by atoms with van der Waals surface area (Å²) in [4.78, 5) is 25.3. The van der Waals surface area contributed by atoms with E-state index in [0.29, 0.717) is 18.7 Å². The highest BCUT2D eigenvalue weighted by molar-refractivity contribution is 5.92. The van der Waals surface area contributed by atoms with Gasteiger partial charge in [-0.05, 0) is 43.3 Å². The molecule has 2 aromatic rings. The molecule has 0 saturated carbocycles. The van der Waals surface area contributed by atoms with Crippen LogP contribution >= 0.6 is 0 Å². The van der Waals surface area contributed by atoms with Crippen LogP contribution in [0.25, 0.3) is 0 Å². The summed E-state index contributed by atoms with van der Waals surface area (Å²) in [5.74, 6) is -0.149. The Labute approximate surface area is 142 Å². The standard InChI is InChI=1S/C19H23N3O2/c1-3-22(18-7-5-4-6-8-18)14-13-19(24)21-17-11-9-16(10-12-17)20-15(2)23/h4-12H,3,13-14H2,1-2H3,(H,20,23)(H,21,24). The molecule has 0 aliphatic rings. The van der Waals surface area contributed by atoms with Gasteiger partial charge in [-0.2, -0.15) is 0 Å². The molecule has 126 valence electrons. The Hall–Kier alpha value is -2.82. The maximum absolute atomic E-state index is 12.1. The van der Waals surface area contributed by atoms with Gasteiger partial charge >= 0.3 is 0 Å². The second-order valence-electron chi connectivity index (χ2n) is 5.47. The number of carbonyl (C=O) groups excluding carboxylic acids is 2. The fraction of sp³-hybridized carbons (Fsp3) is 0.263. The van der Waals surface area contributed by atoms with Gasteiger partial charge in [0.2, 0.25) is 11.8 Å². The number of rotatable bonds is 7. The zero-order chi connectivity index (χ0) is 17.4. The second kappa shape index (κ2) is 8.72. The molecule has 0 bridgehead atoms. The first-order valence-electron chi connectivity index (χ1n) is 8.06. The van der Waals surface area contributed by atoms with Gasteiger partial charge in [0, 0.05) is 43.5 Å². The van der Waals surface area contributed by atoms with Crippen LogP contribution < -0.4 is 15.5 Å². The van der Waals surface area contributed by atoms with Crippen LogP contribution in [0.4, 0.5) is 17.1 Å². The van der Waals surface area contributed by atoms with Crippen molar-refractivity contribution < 1.29 is 9.59 Å². The maximum atomic E-state index is 12.1. The number of hydrogen-bond acceptors (Lipinski definition) is 3. The molecule has 0 unspecified atom stereocenters. The van der Waals surface area contributed by atoms with Crippen molar-refractivity contribution >= 4 is 28.9 Å². The minimum atomic E-state index is -0.118. The van der Waals surface area contributed by atoms with Gasteiger partial charge in [-0.1, -0.05) is 18.2 Å². The van der Waals surface area contributed by atoms with Gasteiger partial charge in [0.05, 0.1) is 0 Å². The zero-order valence-electron chi connectivity index (χ0n) is 14.1. The fourth-order valence-electron chi connectivity index (χ4n) is 2.41. The van der Waals surface area contributed by atoms with Crippen LogP contribution in [-0.2, 0) is 9.59 Å². The molecule has 0 atom stereocenters. The van der Waals surface area contributed by atoms with Crippen LogP contribution in [0.3, 0.4) is 0 Å². The monoisotopic (exact) mass is 325 g/mol. The molecule has 2 N–H and O–H groups in total. The van der Waals surface area contributed by atoms with Gasteiger partial charge in [0.15, 0.2) is 0 Å².